The van der Waals surface area contributed by atoms with Gasteiger partial charge in [-0.3, -0.25) is 9.10 Å². The van der Waals surface area contributed by atoms with Crippen molar-refractivity contribution in [1.82, 2.24) is 10.2 Å². The van der Waals surface area contributed by atoms with Crippen molar-refractivity contribution in [1.29, 1.82) is 0 Å². The van der Waals surface area contributed by atoms with Gasteiger partial charge >= 0.3 is 0 Å². The van der Waals surface area contributed by atoms with Crippen LogP contribution in [0.1, 0.15) is 24.5 Å². The standard InChI is InChI=1S/C17H29N3O3S/c1-13-8-9-14(2)16(12-13)20(24(6,22)23)15(3)17(21)18-10-7-11-19(4)5/h8-9,12,15H,7,10-11H2,1-6H3,(H,18,21)/t15-/m1/s1. The summed E-state index contributed by atoms with van der Waals surface area (Å²) in [7, 11) is 0.356. The number of amides is 1. The third-order valence-electron chi connectivity index (χ3n) is 3.77. The summed E-state index contributed by atoms with van der Waals surface area (Å²) in [5.41, 5.74) is 2.31. The van der Waals surface area contributed by atoms with Crippen LogP contribution >= 0.6 is 0 Å². The fourth-order valence-electron chi connectivity index (χ4n) is 2.49. The predicted molar refractivity (Wildman–Crippen MR) is 98.9 cm³/mol. The summed E-state index contributed by atoms with van der Waals surface area (Å²) in [4.78, 5) is 14.5. The van der Waals surface area contributed by atoms with Crippen molar-refractivity contribution in [3.8, 4) is 0 Å². The van der Waals surface area contributed by atoms with Gasteiger partial charge in [0, 0.05) is 6.54 Å². The average Bonchev–Trinajstić information content (AvgIpc) is 2.45. The van der Waals surface area contributed by atoms with E-state index in [2.05, 4.69) is 5.32 Å². The van der Waals surface area contributed by atoms with Crippen LogP contribution in [0.2, 0.25) is 0 Å². The summed E-state index contributed by atoms with van der Waals surface area (Å²) in [6.07, 6.45) is 1.94. The molecule has 0 saturated carbocycles. The molecule has 0 aliphatic rings. The van der Waals surface area contributed by atoms with Crippen LogP contribution in [0.5, 0.6) is 0 Å². The molecular formula is C17H29N3O3S. The second-order valence-corrected chi connectivity index (χ2v) is 8.33. The monoisotopic (exact) mass is 355 g/mol. The molecule has 0 radical (unpaired) electrons. The van der Waals surface area contributed by atoms with E-state index in [9.17, 15) is 13.2 Å². The van der Waals surface area contributed by atoms with E-state index >= 15 is 0 Å². The lowest BCUT2D eigenvalue weighted by molar-refractivity contribution is -0.121. The molecule has 1 aromatic carbocycles. The summed E-state index contributed by atoms with van der Waals surface area (Å²) in [5, 5.41) is 2.82. The quantitative estimate of drug-likeness (QED) is 0.718. The molecule has 1 aromatic rings. The molecule has 24 heavy (non-hydrogen) atoms. The van der Waals surface area contributed by atoms with Gasteiger partial charge in [0.1, 0.15) is 6.04 Å². The van der Waals surface area contributed by atoms with Crippen LogP contribution in [0, 0.1) is 13.8 Å². The van der Waals surface area contributed by atoms with Crippen LogP contribution in [0.4, 0.5) is 5.69 Å². The van der Waals surface area contributed by atoms with Crippen molar-refractivity contribution in [3.05, 3.63) is 29.3 Å². The van der Waals surface area contributed by atoms with E-state index in [4.69, 9.17) is 0 Å². The molecule has 1 amide bonds. The zero-order valence-electron chi connectivity index (χ0n) is 15.5. The maximum Gasteiger partial charge on any atom is 0.243 e. The predicted octanol–water partition coefficient (Wildman–Crippen LogP) is 1.53. The summed E-state index contributed by atoms with van der Waals surface area (Å²) in [5.74, 6) is -0.292. The Morgan fingerprint density at radius 3 is 2.42 bits per heavy atom. The molecule has 0 unspecified atom stereocenters. The van der Waals surface area contributed by atoms with Crippen molar-refractivity contribution in [2.75, 3.05) is 37.7 Å². The van der Waals surface area contributed by atoms with Crippen LogP contribution in [0.15, 0.2) is 18.2 Å². The molecule has 7 heteroatoms. The highest BCUT2D eigenvalue weighted by Crippen LogP contribution is 2.26. The number of aryl methyl sites for hydroxylation is 2. The SMILES string of the molecule is Cc1ccc(C)c(N([C@H](C)C(=O)NCCCN(C)C)S(C)(=O)=O)c1. The van der Waals surface area contributed by atoms with Crippen molar-refractivity contribution >= 4 is 21.6 Å². The van der Waals surface area contributed by atoms with Gasteiger partial charge in [-0.05, 0) is 65.0 Å². The van der Waals surface area contributed by atoms with Gasteiger partial charge in [0.05, 0.1) is 11.9 Å². The molecule has 0 aliphatic carbocycles. The first-order valence-corrected chi connectivity index (χ1v) is 9.88. The number of carbonyl (C=O) groups is 1. The van der Waals surface area contributed by atoms with Gasteiger partial charge in [-0.1, -0.05) is 12.1 Å². The van der Waals surface area contributed by atoms with Crippen molar-refractivity contribution in [3.63, 3.8) is 0 Å². The minimum Gasteiger partial charge on any atom is -0.354 e. The fraction of sp³-hybridized carbons (Fsp3) is 0.588. The first-order valence-electron chi connectivity index (χ1n) is 8.03. The maximum absolute atomic E-state index is 12.4. The van der Waals surface area contributed by atoms with Gasteiger partial charge in [-0.25, -0.2) is 8.42 Å². The number of hydrogen-bond acceptors (Lipinski definition) is 4. The molecule has 136 valence electrons. The molecule has 0 fully saturated rings. The summed E-state index contributed by atoms with van der Waals surface area (Å²) >= 11 is 0. The minimum absolute atomic E-state index is 0.292. The Bertz CT molecular complexity index is 672. The van der Waals surface area contributed by atoms with Gasteiger partial charge in [-0.15, -0.1) is 0 Å². The molecular weight excluding hydrogens is 326 g/mol. The molecule has 1 rings (SSSR count). The van der Waals surface area contributed by atoms with Crippen molar-refractivity contribution < 1.29 is 13.2 Å². The molecule has 1 atom stereocenters. The normalized spacial score (nSPS) is 13.0. The lowest BCUT2D eigenvalue weighted by Gasteiger charge is -2.29. The molecule has 6 nitrogen and oxygen atoms in total. The highest BCUT2D eigenvalue weighted by Gasteiger charge is 2.29. The fourth-order valence-corrected chi connectivity index (χ4v) is 3.72. The van der Waals surface area contributed by atoms with Gasteiger partial charge in [-0.2, -0.15) is 0 Å². The molecule has 0 saturated heterocycles. The van der Waals surface area contributed by atoms with Crippen LogP contribution in [0.3, 0.4) is 0 Å². The Morgan fingerprint density at radius 1 is 1.25 bits per heavy atom. The molecule has 0 heterocycles. The Kier molecular flexibility index (Phi) is 7.23. The largest absolute Gasteiger partial charge is 0.354 e. The molecule has 0 aromatic heterocycles. The lowest BCUT2D eigenvalue weighted by Crippen LogP contribution is -2.48. The number of rotatable bonds is 8. The van der Waals surface area contributed by atoms with Gasteiger partial charge in [0.25, 0.3) is 0 Å². The first-order chi connectivity index (χ1) is 11.0. The Balaban J connectivity index is 2.97. The number of carbonyl (C=O) groups excluding carboxylic acids is 1. The van der Waals surface area contributed by atoms with E-state index in [1.807, 2.05) is 45.0 Å². The van der Waals surface area contributed by atoms with E-state index < -0.39 is 16.1 Å². The highest BCUT2D eigenvalue weighted by atomic mass is 32.2. The zero-order chi connectivity index (χ0) is 18.5. The lowest BCUT2D eigenvalue weighted by atomic mass is 10.1. The van der Waals surface area contributed by atoms with Crippen molar-refractivity contribution in [2.24, 2.45) is 0 Å². The molecule has 0 bridgehead atoms. The first kappa shape index (κ1) is 20.4. The van der Waals surface area contributed by atoms with Crippen LogP contribution in [-0.2, 0) is 14.8 Å². The van der Waals surface area contributed by atoms with Crippen LogP contribution in [-0.4, -0.2) is 58.7 Å². The van der Waals surface area contributed by atoms with Crippen LogP contribution < -0.4 is 9.62 Å². The van der Waals surface area contributed by atoms with E-state index in [0.29, 0.717) is 12.2 Å². The van der Waals surface area contributed by atoms with Gasteiger partial charge in [0.15, 0.2) is 0 Å². The minimum atomic E-state index is -3.58. The smallest absolute Gasteiger partial charge is 0.243 e. The van der Waals surface area contributed by atoms with E-state index in [-0.39, 0.29) is 5.91 Å². The Morgan fingerprint density at radius 2 is 1.88 bits per heavy atom. The zero-order valence-corrected chi connectivity index (χ0v) is 16.3. The Hall–Kier alpha value is -1.60. The number of nitrogens with one attached hydrogen (secondary N) is 1. The van der Waals surface area contributed by atoms with Crippen molar-refractivity contribution in [2.45, 2.75) is 33.2 Å². The summed E-state index contributed by atoms with van der Waals surface area (Å²) in [6, 6.07) is 4.78. The average molecular weight is 356 g/mol. The van der Waals surface area contributed by atoms with E-state index in [0.717, 1.165) is 30.3 Å². The number of benzene rings is 1. The second-order valence-electron chi connectivity index (χ2n) is 6.47. The van der Waals surface area contributed by atoms with E-state index in [1.54, 1.807) is 13.0 Å². The number of hydrogen-bond donors (Lipinski definition) is 1. The molecule has 1 N–H and O–H groups in total. The third-order valence-corrected chi connectivity index (χ3v) is 5.00. The molecule has 0 aliphatic heterocycles. The highest BCUT2D eigenvalue weighted by molar-refractivity contribution is 7.92. The van der Waals surface area contributed by atoms with Gasteiger partial charge in [0.2, 0.25) is 15.9 Å². The molecule has 0 spiro atoms. The summed E-state index contributed by atoms with van der Waals surface area (Å²) in [6.45, 7) is 6.74. The number of sulfonamides is 1. The van der Waals surface area contributed by atoms with Gasteiger partial charge < -0.3 is 10.2 Å². The Labute approximate surface area is 145 Å². The number of nitrogens with zero attached hydrogens (tertiary/aromatic N) is 2. The third kappa shape index (κ3) is 5.79. The van der Waals surface area contributed by atoms with E-state index in [1.165, 1.54) is 4.31 Å². The second kappa shape index (κ2) is 8.48. The topological polar surface area (TPSA) is 69.7 Å². The number of anilines is 1. The summed E-state index contributed by atoms with van der Waals surface area (Å²) < 4.78 is 25.8. The maximum atomic E-state index is 12.4. The van der Waals surface area contributed by atoms with Crippen LogP contribution in [0.25, 0.3) is 0 Å².